The number of aliphatic hydroxyl groups is 7. The molecular weight excluding hydrogens is 644 g/mol. The van der Waals surface area contributed by atoms with Crippen LogP contribution in [0.5, 0.6) is 0 Å². The normalized spacial score (nSPS) is 49.9. The fourth-order valence-corrected chi connectivity index (χ4v) is 11.6. The number of hydrogen-bond acceptors (Lipinski definition) is 11. The number of hydrogen-bond donors (Lipinski definition) is 7. The Balaban J connectivity index is 1.07. The summed E-state index contributed by atoms with van der Waals surface area (Å²) in [6.07, 6.45) is 0.703. The van der Waals surface area contributed by atoms with Crippen molar-refractivity contribution in [2.24, 2.45) is 46.3 Å². The zero-order chi connectivity index (χ0) is 36.1. The van der Waals surface area contributed by atoms with Crippen LogP contribution in [0.1, 0.15) is 105 Å². The SMILES string of the molecule is CC(C)CCC[C@@H](C)[C@H]1CCC2C3CC=C4CC(O[C@@H]5O[C@H](CO)[C@@H](O[C@H]6O[C@H](CO)[C@@H](O)[C@H](O)[C@H]6O)[C@H](O)[C@H]5O)CC[C@]4(C)C3CC[C@@]21C. The van der Waals surface area contributed by atoms with Gasteiger partial charge in [0.15, 0.2) is 12.6 Å². The number of aliphatic hydroxyl groups excluding tert-OH is 7. The van der Waals surface area contributed by atoms with Gasteiger partial charge in [0.05, 0.1) is 19.3 Å². The predicted molar refractivity (Wildman–Crippen MR) is 184 cm³/mol. The first kappa shape index (κ1) is 39.0. The third-order valence-corrected chi connectivity index (χ3v) is 14.5. The lowest BCUT2D eigenvalue weighted by Crippen LogP contribution is -2.65. The van der Waals surface area contributed by atoms with Crippen LogP contribution < -0.4 is 0 Å². The molecule has 0 aromatic carbocycles. The molecule has 2 aliphatic heterocycles. The number of ether oxygens (including phenoxy) is 4. The van der Waals surface area contributed by atoms with Gasteiger partial charge in [0.25, 0.3) is 0 Å². The molecule has 0 aromatic heterocycles. The monoisotopic (exact) mass is 710 g/mol. The minimum Gasteiger partial charge on any atom is -0.394 e. The molecule has 0 amide bonds. The van der Waals surface area contributed by atoms with E-state index in [1.807, 2.05) is 0 Å². The Morgan fingerprint density at radius 2 is 1.44 bits per heavy atom. The lowest BCUT2D eigenvalue weighted by molar-refractivity contribution is -0.363. The van der Waals surface area contributed by atoms with Crippen LogP contribution in [-0.4, -0.2) is 116 Å². The molecule has 5 fully saturated rings. The van der Waals surface area contributed by atoms with Crippen LogP contribution in [0.15, 0.2) is 11.6 Å². The van der Waals surface area contributed by atoms with Crippen molar-refractivity contribution < 1.29 is 54.7 Å². The Kier molecular flexibility index (Phi) is 12.1. The molecule has 3 saturated carbocycles. The quantitative estimate of drug-likeness (QED) is 0.157. The maximum atomic E-state index is 11.1. The van der Waals surface area contributed by atoms with Gasteiger partial charge >= 0.3 is 0 Å². The van der Waals surface area contributed by atoms with Crippen molar-refractivity contribution in [3.63, 3.8) is 0 Å². The summed E-state index contributed by atoms with van der Waals surface area (Å²) < 4.78 is 23.4. The van der Waals surface area contributed by atoms with Crippen molar-refractivity contribution in [2.75, 3.05) is 13.2 Å². The number of rotatable bonds is 11. The predicted octanol–water partition coefficient (Wildman–Crippen LogP) is 3.04. The van der Waals surface area contributed by atoms with E-state index in [1.54, 1.807) is 0 Å². The Bertz CT molecular complexity index is 1160. The molecule has 50 heavy (non-hydrogen) atoms. The molecule has 0 spiro atoms. The van der Waals surface area contributed by atoms with Crippen molar-refractivity contribution in [3.8, 4) is 0 Å². The zero-order valence-corrected chi connectivity index (χ0v) is 30.8. The first-order valence-electron chi connectivity index (χ1n) is 19.7. The molecule has 2 heterocycles. The lowest BCUT2D eigenvalue weighted by atomic mass is 9.47. The van der Waals surface area contributed by atoms with Gasteiger partial charge in [-0.05, 0) is 97.7 Å². The maximum Gasteiger partial charge on any atom is 0.187 e. The van der Waals surface area contributed by atoms with Gasteiger partial charge in [-0.3, -0.25) is 0 Å². The summed E-state index contributed by atoms with van der Waals surface area (Å²) in [7, 11) is 0. The molecule has 6 rings (SSSR count). The Labute approximate surface area is 298 Å². The first-order valence-corrected chi connectivity index (χ1v) is 19.7. The van der Waals surface area contributed by atoms with Gasteiger partial charge in [-0.25, -0.2) is 0 Å². The Morgan fingerprint density at radius 1 is 0.760 bits per heavy atom. The van der Waals surface area contributed by atoms with Crippen LogP contribution in [0.3, 0.4) is 0 Å². The highest BCUT2D eigenvalue weighted by Crippen LogP contribution is 2.67. The Hall–Kier alpha value is -0.700. The third kappa shape index (κ3) is 7.12. The molecule has 4 unspecified atom stereocenters. The molecule has 11 heteroatoms. The molecule has 288 valence electrons. The summed E-state index contributed by atoms with van der Waals surface area (Å²) in [5.74, 6) is 4.55. The van der Waals surface area contributed by atoms with Gasteiger partial charge in [0, 0.05) is 0 Å². The second kappa shape index (κ2) is 15.6. The van der Waals surface area contributed by atoms with Crippen LogP contribution >= 0.6 is 0 Å². The van der Waals surface area contributed by atoms with Gasteiger partial charge in [-0.1, -0.05) is 65.5 Å². The molecule has 4 aliphatic carbocycles. The zero-order valence-electron chi connectivity index (χ0n) is 30.8. The van der Waals surface area contributed by atoms with Crippen LogP contribution in [0.4, 0.5) is 0 Å². The summed E-state index contributed by atoms with van der Waals surface area (Å²) in [6.45, 7) is 11.0. The van der Waals surface area contributed by atoms with Crippen molar-refractivity contribution in [2.45, 2.75) is 173 Å². The molecular formula is C39H66O11. The highest BCUT2D eigenvalue weighted by atomic mass is 16.7. The average Bonchev–Trinajstić information content (AvgIpc) is 3.45. The van der Waals surface area contributed by atoms with E-state index in [4.69, 9.17) is 18.9 Å². The highest BCUT2D eigenvalue weighted by Gasteiger charge is 2.59. The largest absolute Gasteiger partial charge is 0.394 e. The van der Waals surface area contributed by atoms with E-state index in [1.165, 1.54) is 50.5 Å². The van der Waals surface area contributed by atoms with E-state index in [0.29, 0.717) is 11.3 Å². The van der Waals surface area contributed by atoms with E-state index >= 15 is 0 Å². The molecule has 7 N–H and O–H groups in total. The summed E-state index contributed by atoms with van der Waals surface area (Å²) in [4.78, 5) is 0. The van der Waals surface area contributed by atoms with Gasteiger partial charge in [-0.15, -0.1) is 0 Å². The smallest absolute Gasteiger partial charge is 0.187 e. The molecule has 0 aromatic rings. The second-order valence-corrected chi connectivity index (χ2v) is 17.8. The summed E-state index contributed by atoms with van der Waals surface area (Å²) in [5, 5.41) is 72.6. The minimum absolute atomic E-state index is 0.120. The molecule has 11 nitrogen and oxygen atoms in total. The van der Waals surface area contributed by atoms with Crippen LogP contribution in [-0.2, 0) is 18.9 Å². The van der Waals surface area contributed by atoms with Crippen LogP contribution in [0.2, 0.25) is 0 Å². The molecule has 18 atom stereocenters. The van der Waals surface area contributed by atoms with Crippen molar-refractivity contribution in [1.29, 1.82) is 0 Å². The van der Waals surface area contributed by atoms with Crippen molar-refractivity contribution >= 4 is 0 Å². The van der Waals surface area contributed by atoms with E-state index in [9.17, 15) is 35.7 Å². The Morgan fingerprint density at radius 3 is 2.14 bits per heavy atom. The van der Waals surface area contributed by atoms with E-state index in [0.717, 1.165) is 55.3 Å². The number of fused-ring (bicyclic) bond motifs is 5. The summed E-state index contributed by atoms with van der Waals surface area (Å²) in [5.41, 5.74) is 1.99. The molecule has 0 radical (unpaired) electrons. The highest BCUT2D eigenvalue weighted by molar-refractivity contribution is 5.25. The fourth-order valence-electron chi connectivity index (χ4n) is 11.6. The standard InChI is InChI=1S/C39H66O11/c1-20(2)7-6-8-21(3)25-11-12-26-24-10-9-22-17-23(13-15-38(22,4)27(24)14-16-39(25,26)5)47-36-34(46)32(44)35(29(19-41)49-36)50-37-33(45)31(43)30(42)28(18-40)48-37/h9,20-21,23-37,40-46H,6-8,10-19H2,1-5H3/t21-,23?,24?,25-,26?,27?,28-,29-,30-,31+,32-,33-,34-,35-,36-,37-,38+,39-/m1/s1. The van der Waals surface area contributed by atoms with Gasteiger partial charge in [0.2, 0.25) is 0 Å². The van der Waals surface area contributed by atoms with E-state index in [-0.39, 0.29) is 11.5 Å². The topological polar surface area (TPSA) is 179 Å². The number of allylic oxidation sites excluding steroid dienone is 1. The summed E-state index contributed by atoms with van der Waals surface area (Å²) in [6, 6.07) is 0. The summed E-state index contributed by atoms with van der Waals surface area (Å²) >= 11 is 0. The fraction of sp³-hybridized carbons (Fsp3) is 0.949. The second-order valence-electron chi connectivity index (χ2n) is 17.8. The molecule has 2 saturated heterocycles. The minimum atomic E-state index is -1.71. The van der Waals surface area contributed by atoms with Gasteiger partial charge in [-0.2, -0.15) is 0 Å². The molecule has 6 aliphatic rings. The maximum absolute atomic E-state index is 11.1. The van der Waals surface area contributed by atoms with Crippen LogP contribution in [0, 0.1) is 46.3 Å². The first-order chi connectivity index (χ1) is 23.7. The van der Waals surface area contributed by atoms with Crippen molar-refractivity contribution in [3.05, 3.63) is 11.6 Å². The molecule has 0 bridgehead atoms. The van der Waals surface area contributed by atoms with Gasteiger partial charge in [0.1, 0.15) is 48.8 Å². The van der Waals surface area contributed by atoms with E-state index < -0.39 is 74.6 Å². The van der Waals surface area contributed by atoms with E-state index in [2.05, 4.69) is 40.7 Å². The van der Waals surface area contributed by atoms with Crippen LogP contribution in [0.25, 0.3) is 0 Å². The average molecular weight is 711 g/mol. The van der Waals surface area contributed by atoms with Crippen molar-refractivity contribution in [1.82, 2.24) is 0 Å². The van der Waals surface area contributed by atoms with Gasteiger partial charge < -0.3 is 54.7 Å². The lowest BCUT2D eigenvalue weighted by Gasteiger charge is -2.58. The third-order valence-electron chi connectivity index (χ3n) is 14.5.